The fourth-order valence-electron chi connectivity index (χ4n) is 2.02. The summed E-state index contributed by atoms with van der Waals surface area (Å²) in [6.07, 6.45) is 0. The Hall–Kier alpha value is -0.540. The number of hydrogen-bond donors (Lipinski definition) is 1. The van der Waals surface area contributed by atoms with E-state index in [0.717, 1.165) is 19.6 Å². The van der Waals surface area contributed by atoms with Gasteiger partial charge in [-0.3, -0.25) is 0 Å². The van der Waals surface area contributed by atoms with E-state index in [4.69, 9.17) is 0 Å². The number of thiophene rings is 1. The summed E-state index contributed by atoms with van der Waals surface area (Å²) >= 11 is 1.80. The van der Waals surface area contributed by atoms with Crippen LogP contribution in [0, 0.1) is 6.92 Å². The molecule has 1 aromatic heterocycles. The number of anilines is 1. The molecule has 0 bridgehead atoms. The van der Waals surface area contributed by atoms with Gasteiger partial charge in [-0.15, -0.1) is 11.3 Å². The molecule has 0 unspecified atom stereocenters. The molecule has 78 valence electrons. The average molecular weight is 210 g/mol. The zero-order valence-corrected chi connectivity index (χ0v) is 9.95. The van der Waals surface area contributed by atoms with Crippen molar-refractivity contribution in [1.29, 1.82) is 0 Å². The van der Waals surface area contributed by atoms with Crippen LogP contribution in [-0.2, 0) is 0 Å². The highest BCUT2D eigenvalue weighted by Crippen LogP contribution is 2.26. The molecule has 1 aliphatic rings. The minimum absolute atomic E-state index is 0.243. The van der Waals surface area contributed by atoms with Crippen molar-refractivity contribution in [3.05, 3.63) is 16.3 Å². The predicted molar refractivity (Wildman–Crippen MR) is 63.4 cm³/mol. The molecule has 0 saturated carbocycles. The van der Waals surface area contributed by atoms with Crippen molar-refractivity contribution in [3.8, 4) is 0 Å². The molecular formula is C11H18N2S. The van der Waals surface area contributed by atoms with E-state index in [-0.39, 0.29) is 5.54 Å². The highest BCUT2D eigenvalue weighted by molar-refractivity contribution is 7.08. The molecular weight excluding hydrogens is 192 g/mol. The van der Waals surface area contributed by atoms with Crippen LogP contribution in [0.3, 0.4) is 0 Å². The van der Waals surface area contributed by atoms with Gasteiger partial charge in [-0.1, -0.05) is 0 Å². The molecule has 0 atom stereocenters. The first-order chi connectivity index (χ1) is 6.58. The van der Waals surface area contributed by atoms with Crippen LogP contribution < -0.4 is 10.2 Å². The molecule has 0 aliphatic carbocycles. The average Bonchev–Trinajstić information content (AvgIpc) is 2.49. The van der Waals surface area contributed by atoms with E-state index in [9.17, 15) is 0 Å². The molecule has 2 heterocycles. The first kappa shape index (κ1) is 9.99. The zero-order chi connectivity index (χ0) is 10.2. The monoisotopic (exact) mass is 210 g/mol. The van der Waals surface area contributed by atoms with Gasteiger partial charge >= 0.3 is 0 Å². The number of piperazine rings is 1. The van der Waals surface area contributed by atoms with Crippen LogP contribution in [0.25, 0.3) is 0 Å². The maximum Gasteiger partial charge on any atom is 0.0505 e. The van der Waals surface area contributed by atoms with Crippen LogP contribution in [0.5, 0.6) is 0 Å². The summed E-state index contributed by atoms with van der Waals surface area (Å²) in [6, 6.07) is 0. The SMILES string of the molecule is Cc1cscc1N1CCNC(C)(C)C1. The normalized spacial score (nSPS) is 21.2. The lowest BCUT2D eigenvalue weighted by Gasteiger charge is -2.40. The Labute approximate surface area is 89.9 Å². The molecule has 1 aliphatic heterocycles. The van der Waals surface area contributed by atoms with E-state index in [1.807, 2.05) is 0 Å². The number of aryl methyl sites for hydroxylation is 1. The minimum Gasteiger partial charge on any atom is -0.368 e. The topological polar surface area (TPSA) is 15.3 Å². The van der Waals surface area contributed by atoms with Gasteiger partial charge in [0, 0.05) is 30.6 Å². The molecule has 1 aromatic rings. The van der Waals surface area contributed by atoms with Crippen molar-refractivity contribution in [3.63, 3.8) is 0 Å². The summed E-state index contributed by atoms with van der Waals surface area (Å²) in [5.41, 5.74) is 3.07. The lowest BCUT2D eigenvalue weighted by atomic mass is 10.0. The van der Waals surface area contributed by atoms with Gasteiger partial charge in [-0.05, 0) is 31.7 Å². The van der Waals surface area contributed by atoms with Crippen LogP contribution in [0.2, 0.25) is 0 Å². The third-order valence-corrected chi connectivity index (χ3v) is 3.59. The largest absolute Gasteiger partial charge is 0.368 e. The smallest absolute Gasteiger partial charge is 0.0505 e. The maximum atomic E-state index is 3.53. The first-order valence-electron chi connectivity index (χ1n) is 5.11. The van der Waals surface area contributed by atoms with Gasteiger partial charge in [0.25, 0.3) is 0 Å². The molecule has 0 amide bonds. The van der Waals surface area contributed by atoms with Crippen molar-refractivity contribution >= 4 is 17.0 Å². The summed E-state index contributed by atoms with van der Waals surface area (Å²) in [6.45, 7) is 10.0. The van der Waals surface area contributed by atoms with Gasteiger partial charge in [0.1, 0.15) is 0 Å². The summed E-state index contributed by atoms with van der Waals surface area (Å²) < 4.78 is 0. The fourth-order valence-corrected chi connectivity index (χ4v) is 2.88. The maximum absolute atomic E-state index is 3.53. The number of hydrogen-bond acceptors (Lipinski definition) is 3. The molecule has 1 N–H and O–H groups in total. The minimum atomic E-state index is 0.243. The van der Waals surface area contributed by atoms with Gasteiger partial charge in [0.05, 0.1) is 5.69 Å². The van der Waals surface area contributed by atoms with E-state index in [2.05, 4.69) is 41.7 Å². The number of rotatable bonds is 1. The molecule has 2 rings (SSSR count). The van der Waals surface area contributed by atoms with Crippen LogP contribution in [0.1, 0.15) is 19.4 Å². The highest BCUT2D eigenvalue weighted by Gasteiger charge is 2.26. The summed E-state index contributed by atoms with van der Waals surface area (Å²) in [7, 11) is 0. The molecule has 1 saturated heterocycles. The van der Waals surface area contributed by atoms with Crippen molar-refractivity contribution in [2.24, 2.45) is 0 Å². The van der Waals surface area contributed by atoms with E-state index < -0.39 is 0 Å². The van der Waals surface area contributed by atoms with Gasteiger partial charge in [0.2, 0.25) is 0 Å². The van der Waals surface area contributed by atoms with Gasteiger partial charge in [-0.25, -0.2) is 0 Å². The van der Waals surface area contributed by atoms with E-state index in [1.54, 1.807) is 11.3 Å². The second-order valence-corrected chi connectivity index (χ2v) is 5.42. The van der Waals surface area contributed by atoms with Crippen LogP contribution >= 0.6 is 11.3 Å². The quantitative estimate of drug-likeness (QED) is 0.765. The van der Waals surface area contributed by atoms with Crippen molar-refractivity contribution in [1.82, 2.24) is 5.32 Å². The second-order valence-electron chi connectivity index (χ2n) is 4.67. The van der Waals surface area contributed by atoms with Crippen LogP contribution in [0.4, 0.5) is 5.69 Å². The zero-order valence-electron chi connectivity index (χ0n) is 9.13. The molecule has 0 aromatic carbocycles. The highest BCUT2D eigenvalue weighted by atomic mass is 32.1. The fraction of sp³-hybridized carbons (Fsp3) is 0.636. The van der Waals surface area contributed by atoms with E-state index in [1.165, 1.54) is 11.3 Å². The molecule has 1 fully saturated rings. The Bertz CT molecular complexity index is 317. The summed E-state index contributed by atoms with van der Waals surface area (Å²) in [5, 5.41) is 8.02. The van der Waals surface area contributed by atoms with E-state index in [0.29, 0.717) is 0 Å². The third-order valence-electron chi connectivity index (χ3n) is 2.74. The molecule has 0 spiro atoms. The predicted octanol–water partition coefficient (Wildman–Crippen LogP) is 2.24. The molecule has 3 heteroatoms. The van der Waals surface area contributed by atoms with E-state index >= 15 is 0 Å². The molecule has 2 nitrogen and oxygen atoms in total. The van der Waals surface area contributed by atoms with Gasteiger partial charge in [0.15, 0.2) is 0 Å². The Kier molecular flexibility index (Phi) is 2.54. The summed E-state index contributed by atoms with van der Waals surface area (Å²) in [4.78, 5) is 2.49. The number of nitrogens with one attached hydrogen (secondary N) is 1. The third kappa shape index (κ3) is 1.93. The van der Waals surface area contributed by atoms with Crippen molar-refractivity contribution in [2.75, 3.05) is 24.5 Å². The Morgan fingerprint density at radius 1 is 1.43 bits per heavy atom. The lowest BCUT2D eigenvalue weighted by Crippen LogP contribution is -2.57. The van der Waals surface area contributed by atoms with Crippen molar-refractivity contribution < 1.29 is 0 Å². The lowest BCUT2D eigenvalue weighted by molar-refractivity contribution is 0.353. The van der Waals surface area contributed by atoms with Crippen molar-refractivity contribution in [2.45, 2.75) is 26.3 Å². The number of nitrogens with zero attached hydrogens (tertiary/aromatic N) is 1. The standard InChI is InChI=1S/C11H18N2S/c1-9-6-14-7-10(9)13-5-4-12-11(2,3)8-13/h6-7,12H,4-5,8H2,1-3H3. The Morgan fingerprint density at radius 3 is 2.79 bits per heavy atom. The van der Waals surface area contributed by atoms with Crippen LogP contribution in [-0.4, -0.2) is 25.2 Å². The Balaban J connectivity index is 2.16. The van der Waals surface area contributed by atoms with Gasteiger partial charge < -0.3 is 10.2 Å². The molecule has 0 radical (unpaired) electrons. The van der Waals surface area contributed by atoms with Gasteiger partial charge in [-0.2, -0.15) is 0 Å². The molecule has 14 heavy (non-hydrogen) atoms. The Morgan fingerprint density at radius 2 is 2.21 bits per heavy atom. The first-order valence-corrected chi connectivity index (χ1v) is 6.05. The van der Waals surface area contributed by atoms with Crippen LogP contribution in [0.15, 0.2) is 10.8 Å². The second kappa shape index (κ2) is 3.55. The summed E-state index contributed by atoms with van der Waals surface area (Å²) in [5.74, 6) is 0.